The van der Waals surface area contributed by atoms with Gasteiger partial charge in [-0.15, -0.1) is 0 Å². The topological polar surface area (TPSA) is 90.1 Å². The summed E-state index contributed by atoms with van der Waals surface area (Å²) in [6.45, 7) is 4.19. The fourth-order valence-electron chi connectivity index (χ4n) is 3.44. The molecule has 1 saturated heterocycles. The van der Waals surface area contributed by atoms with E-state index in [-0.39, 0.29) is 17.9 Å². The van der Waals surface area contributed by atoms with Gasteiger partial charge in [-0.25, -0.2) is 4.98 Å². The number of hydrogen-bond acceptors (Lipinski definition) is 5. The first-order chi connectivity index (χ1) is 13.7. The van der Waals surface area contributed by atoms with Crippen molar-refractivity contribution in [1.29, 1.82) is 0 Å². The van der Waals surface area contributed by atoms with E-state index in [0.717, 1.165) is 42.9 Å². The highest BCUT2D eigenvalue weighted by atomic mass is 16.1. The molecular weight excluding hydrogens is 354 g/mol. The highest BCUT2D eigenvalue weighted by molar-refractivity contribution is 5.84. The first kappa shape index (κ1) is 18.2. The van der Waals surface area contributed by atoms with E-state index < -0.39 is 0 Å². The second-order valence-electron chi connectivity index (χ2n) is 6.92. The molecule has 3 aromatic rings. The Hall–Kier alpha value is -3.19. The number of H-pyrrole nitrogens is 1. The summed E-state index contributed by atoms with van der Waals surface area (Å²) >= 11 is 0. The van der Waals surface area contributed by atoms with Gasteiger partial charge in [-0.2, -0.15) is 0 Å². The molecule has 1 amide bonds. The lowest BCUT2D eigenvalue weighted by Crippen LogP contribution is -2.43. The Labute approximate surface area is 162 Å². The smallest absolute Gasteiger partial charge is 0.256 e. The van der Waals surface area contributed by atoms with Crippen molar-refractivity contribution in [2.75, 3.05) is 31.1 Å². The monoisotopic (exact) mass is 377 g/mol. The van der Waals surface area contributed by atoms with E-state index in [2.05, 4.69) is 25.5 Å². The zero-order valence-electron chi connectivity index (χ0n) is 15.6. The molecule has 144 valence electrons. The van der Waals surface area contributed by atoms with Gasteiger partial charge in [0, 0.05) is 50.0 Å². The van der Waals surface area contributed by atoms with Gasteiger partial charge >= 0.3 is 0 Å². The van der Waals surface area contributed by atoms with E-state index in [1.165, 1.54) is 0 Å². The average molecular weight is 377 g/mol. The summed E-state index contributed by atoms with van der Waals surface area (Å²) < 4.78 is 0. The molecule has 4 rings (SSSR count). The lowest BCUT2D eigenvalue weighted by Gasteiger charge is -2.28. The first-order valence-electron chi connectivity index (χ1n) is 9.47. The molecular formula is C21H23N5O2. The van der Waals surface area contributed by atoms with Crippen LogP contribution < -0.4 is 21.1 Å². The molecule has 1 fully saturated rings. The number of benzene rings is 1. The van der Waals surface area contributed by atoms with Crippen LogP contribution in [0.15, 0.2) is 53.5 Å². The first-order valence-corrected chi connectivity index (χ1v) is 9.47. The number of hydrogen-bond donors (Lipinski definition) is 3. The molecule has 0 aliphatic carbocycles. The van der Waals surface area contributed by atoms with Gasteiger partial charge in [-0.3, -0.25) is 9.59 Å². The van der Waals surface area contributed by atoms with Gasteiger partial charge in [-0.1, -0.05) is 18.2 Å². The number of carbonyl (C=O) groups excluding carboxylic acids is 1. The van der Waals surface area contributed by atoms with Crippen molar-refractivity contribution in [3.05, 3.63) is 70.3 Å². The number of anilines is 1. The van der Waals surface area contributed by atoms with Crippen molar-refractivity contribution >= 4 is 22.5 Å². The lowest BCUT2D eigenvalue weighted by molar-refractivity contribution is -0.120. The van der Waals surface area contributed by atoms with Crippen LogP contribution in [-0.2, 0) is 17.8 Å². The van der Waals surface area contributed by atoms with Gasteiger partial charge in [0.1, 0.15) is 5.82 Å². The molecule has 2 aromatic heterocycles. The molecule has 3 N–H and O–H groups in total. The minimum absolute atomic E-state index is 0.133. The number of carbonyl (C=O) groups is 1. The van der Waals surface area contributed by atoms with Crippen LogP contribution in [0.25, 0.3) is 10.8 Å². The molecule has 0 spiro atoms. The lowest BCUT2D eigenvalue weighted by atomic mass is 10.1. The second-order valence-corrected chi connectivity index (χ2v) is 6.92. The van der Waals surface area contributed by atoms with Gasteiger partial charge < -0.3 is 20.5 Å². The van der Waals surface area contributed by atoms with Crippen LogP contribution in [-0.4, -0.2) is 42.1 Å². The SMILES string of the molecule is O=C(Cc1cc2ccccc2c(=O)[nH]1)NCc1ccnc(N2CCNCC2)c1. The third-order valence-electron chi connectivity index (χ3n) is 4.90. The summed E-state index contributed by atoms with van der Waals surface area (Å²) in [5.74, 6) is 0.804. The molecule has 7 heteroatoms. The zero-order valence-corrected chi connectivity index (χ0v) is 15.6. The van der Waals surface area contributed by atoms with Crippen molar-refractivity contribution < 1.29 is 4.79 Å². The summed E-state index contributed by atoms with van der Waals surface area (Å²) in [4.78, 5) is 34.0. The van der Waals surface area contributed by atoms with E-state index in [1.807, 2.05) is 36.4 Å². The summed E-state index contributed by atoms with van der Waals surface area (Å²) in [5, 5.41) is 7.72. The van der Waals surface area contributed by atoms with Gasteiger partial charge in [0.15, 0.2) is 0 Å². The maximum absolute atomic E-state index is 12.4. The highest BCUT2D eigenvalue weighted by Gasteiger charge is 2.12. The Bertz CT molecular complexity index is 1040. The molecule has 0 unspecified atom stereocenters. The minimum Gasteiger partial charge on any atom is -0.354 e. The summed E-state index contributed by atoms with van der Waals surface area (Å²) in [6, 6.07) is 13.1. The molecule has 0 radical (unpaired) electrons. The number of pyridine rings is 2. The van der Waals surface area contributed by atoms with E-state index in [1.54, 1.807) is 12.3 Å². The maximum Gasteiger partial charge on any atom is 0.256 e. The third-order valence-corrected chi connectivity index (χ3v) is 4.90. The summed E-state index contributed by atoms with van der Waals surface area (Å²) in [5.41, 5.74) is 1.44. The van der Waals surface area contributed by atoms with E-state index >= 15 is 0 Å². The molecule has 0 saturated carbocycles. The molecule has 1 aromatic carbocycles. The van der Waals surface area contributed by atoms with Crippen LogP contribution in [0.5, 0.6) is 0 Å². The van der Waals surface area contributed by atoms with E-state index in [0.29, 0.717) is 17.6 Å². The average Bonchev–Trinajstić information content (AvgIpc) is 2.73. The Kier molecular flexibility index (Phi) is 5.34. The number of nitrogens with one attached hydrogen (secondary N) is 3. The minimum atomic E-state index is -0.171. The van der Waals surface area contributed by atoms with Crippen LogP contribution in [0.2, 0.25) is 0 Å². The van der Waals surface area contributed by atoms with Crippen LogP contribution in [0.1, 0.15) is 11.3 Å². The van der Waals surface area contributed by atoms with E-state index in [4.69, 9.17) is 0 Å². The molecule has 0 bridgehead atoms. The Morgan fingerprint density at radius 3 is 2.82 bits per heavy atom. The number of aromatic amines is 1. The number of piperazine rings is 1. The van der Waals surface area contributed by atoms with Crippen LogP contribution in [0.4, 0.5) is 5.82 Å². The molecule has 7 nitrogen and oxygen atoms in total. The van der Waals surface area contributed by atoms with Crippen LogP contribution in [0, 0.1) is 0 Å². The largest absolute Gasteiger partial charge is 0.354 e. The molecule has 1 aliphatic heterocycles. The fraction of sp³-hybridized carbons (Fsp3) is 0.286. The molecule has 3 heterocycles. The standard InChI is InChI=1S/C21H23N5O2/c27-20(13-17-12-16-3-1-2-4-18(16)21(28)25-17)24-14-15-5-6-23-19(11-15)26-9-7-22-8-10-26/h1-6,11-12,22H,7-10,13-14H2,(H,24,27)(H,25,28). The predicted molar refractivity (Wildman–Crippen MR) is 109 cm³/mol. The molecule has 28 heavy (non-hydrogen) atoms. The van der Waals surface area contributed by atoms with Gasteiger partial charge in [0.2, 0.25) is 5.91 Å². The van der Waals surface area contributed by atoms with Crippen molar-refractivity contribution in [3.63, 3.8) is 0 Å². The Morgan fingerprint density at radius 1 is 1.14 bits per heavy atom. The second kappa shape index (κ2) is 8.22. The van der Waals surface area contributed by atoms with Gasteiger partial charge in [-0.05, 0) is 35.2 Å². The van der Waals surface area contributed by atoms with Crippen molar-refractivity contribution in [1.82, 2.24) is 20.6 Å². The molecule has 1 aliphatic rings. The maximum atomic E-state index is 12.4. The predicted octanol–water partition coefficient (Wildman–Crippen LogP) is 1.19. The quantitative estimate of drug-likeness (QED) is 0.622. The Morgan fingerprint density at radius 2 is 1.96 bits per heavy atom. The fourth-order valence-corrected chi connectivity index (χ4v) is 3.44. The number of amides is 1. The van der Waals surface area contributed by atoms with E-state index in [9.17, 15) is 9.59 Å². The van der Waals surface area contributed by atoms with Crippen LogP contribution in [0.3, 0.4) is 0 Å². The number of aromatic nitrogens is 2. The number of nitrogens with zero attached hydrogens (tertiary/aromatic N) is 2. The van der Waals surface area contributed by atoms with Gasteiger partial charge in [0.25, 0.3) is 5.56 Å². The summed E-state index contributed by atoms with van der Waals surface area (Å²) in [6.07, 6.45) is 1.91. The van der Waals surface area contributed by atoms with Gasteiger partial charge in [0.05, 0.1) is 6.42 Å². The highest BCUT2D eigenvalue weighted by Crippen LogP contribution is 2.13. The normalized spacial score (nSPS) is 14.2. The van der Waals surface area contributed by atoms with Crippen LogP contribution >= 0.6 is 0 Å². The number of fused-ring (bicyclic) bond motifs is 1. The third kappa shape index (κ3) is 4.20. The number of rotatable bonds is 5. The summed E-state index contributed by atoms with van der Waals surface area (Å²) in [7, 11) is 0. The Balaban J connectivity index is 1.39. The van der Waals surface area contributed by atoms with Crippen molar-refractivity contribution in [2.45, 2.75) is 13.0 Å². The zero-order chi connectivity index (χ0) is 19.3. The van der Waals surface area contributed by atoms with Crippen molar-refractivity contribution in [2.24, 2.45) is 0 Å². The molecule has 0 atom stereocenters. The van der Waals surface area contributed by atoms with Crippen molar-refractivity contribution in [3.8, 4) is 0 Å².